The monoisotopic (exact) mass is 628 g/mol. The lowest BCUT2D eigenvalue weighted by Crippen LogP contribution is -2.47. The molecule has 1 unspecified atom stereocenters. The molecule has 0 spiro atoms. The maximum absolute atomic E-state index is 12.0. The van der Waals surface area contributed by atoms with E-state index in [4.69, 9.17) is 42.6 Å². The van der Waals surface area contributed by atoms with E-state index in [0.29, 0.717) is 22.8 Å². The maximum atomic E-state index is 12.0. The van der Waals surface area contributed by atoms with Crippen LogP contribution in [-0.4, -0.2) is 83.6 Å². The summed E-state index contributed by atoms with van der Waals surface area (Å²) in [4.78, 5) is 33.1. The summed E-state index contributed by atoms with van der Waals surface area (Å²) in [6, 6.07) is 5.61. The molecule has 2 rings (SSSR count). The predicted octanol–water partition coefficient (Wildman–Crippen LogP) is 4.22. The van der Waals surface area contributed by atoms with Crippen LogP contribution in [0.15, 0.2) is 24.3 Å². The van der Waals surface area contributed by atoms with E-state index in [2.05, 4.69) is 0 Å². The summed E-state index contributed by atoms with van der Waals surface area (Å²) in [5.74, 6) is 0.808. The normalized spacial score (nSPS) is 11.5. The molecule has 0 aromatic heterocycles. The van der Waals surface area contributed by atoms with Gasteiger partial charge in [0.25, 0.3) is 11.4 Å². The number of hydrogen-bond donors (Lipinski definition) is 0. The molecule has 0 amide bonds. The van der Waals surface area contributed by atoms with E-state index in [1.807, 2.05) is 0 Å². The van der Waals surface area contributed by atoms with Gasteiger partial charge in [0, 0.05) is 14.2 Å². The first-order valence-electron chi connectivity index (χ1n) is 13.0. The molecule has 0 fully saturated rings. The summed E-state index contributed by atoms with van der Waals surface area (Å²) < 4.78 is 46.3. The van der Waals surface area contributed by atoms with Crippen LogP contribution in [0.25, 0.3) is 0 Å². The summed E-state index contributed by atoms with van der Waals surface area (Å²) in [6.07, 6.45) is -0.952. The van der Waals surface area contributed by atoms with Gasteiger partial charge in [-0.2, -0.15) is 0 Å². The molecule has 246 valence electrons. The van der Waals surface area contributed by atoms with Gasteiger partial charge in [0.15, 0.2) is 29.1 Å². The Morgan fingerprint density at radius 1 is 0.773 bits per heavy atom. The number of ether oxygens (including phenoxy) is 9. The van der Waals surface area contributed by atoms with Crippen LogP contribution in [0.4, 0.5) is 11.4 Å². The highest BCUT2D eigenvalue weighted by Crippen LogP contribution is 2.36. The topological polar surface area (TPSA) is 186 Å². The first kappa shape index (κ1) is 37.8. The van der Waals surface area contributed by atoms with Crippen molar-refractivity contribution < 1.29 is 57.3 Å². The molecule has 0 bridgehead atoms. The molecular formula is C28H40N2O14. The molecule has 0 aliphatic carbocycles. The predicted molar refractivity (Wildman–Crippen MR) is 155 cm³/mol. The van der Waals surface area contributed by atoms with Crippen molar-refractivity contribution in [3.63, 3.8) is 0 Å². The zero-order valence-electron chi connectivity index (χ0n) is 26.3. The smallest absolute Gasteiger partial charge is 0.338 e. The number of methoxy groups -OCH3 is 6. The van der Waals surface area contributed by atoms with Crippen molar-refractivity contribution in [3.05, 3.63) is 55.6 Å². The minimum absolute atomic E-state index is 0.0421. The lowest BCUT2D eigenvalue weighted by Gasteiger charge is -2.31. The number of nitrogens with zero attached hydrogens (tertiary/aromatic N) is 2. The van der Waals surface area contributed by atoms with Crippen molar-refractivity contribution >= 4 is 17.3 Å². The lowest BCUT2D eigenvalue weighted by atomic mass is 10.0. The molecule has 1 atom stereocenters. The van der Waals surface area contributed by atoms with Gasteiger partial charge >= 0.3 is 5.97 Å². The van der Waals surface area contributed by atoms with Crippen molar-refractivity contribution in [3.8, 4) is 23.0 Å². The molecule has 0 aliphatic heterocycles. The quantitative estimate of drug-likeness (QED) is 0.0796. The van der Waals surface area contributed by atoms with E-state index in [-0.39, 0.29) is 49.3 Å². The molecule has 0 N–H and O–H groups in total. The number of nitro groups is 2. The van der Waals surface area contributed by atoms with Gasteiger partial charge in [-0.05, 0) is 32.9 Å². The number of esters is 1. The second-order valence-corrected chi connectivity index (χ2v) is 9.20. The fourth-order valence-corrected chi connectivity index (χ4v) is 3.85. The number of benzene rings is 2. The van der Waals surface area contributed by atoms with Crippen LogP contribution in [0.5, 0.6) is 23.0 Å². The van der Waals surface area contributed by atoms with E-state index in [0.717, 1.165) is 0 Å². The highest BCUT2D eigenvalue weighted by Gasteiger charge is 2.38. The maximum Gasteiger partial charge on any atom is 0.338 e. The highest BCUT2D eigenvalue weighted by atomic mass is 16.7. The molecule has 0 saturated carbocycles. The van der Waals surface area contributed by atoms with Crippen molar-refractivity contribution in [1.82, 2.24) is 0 Å². The summed E-state index contributed by atoms with van der Waals surface area (Å²) in [5.41, 5.74) is -0.509. The molecule has 2 aromatic rings. The first-order valence-corrected chi connectivity index (χ1v) is 13.0. The van der Waals surface area contributed by atoms with Crippen LogP contribution in [0, 0.1) is 20.2 Å². The van der Waals surface area contributed by atoms with E-state index in [9.17, 15) is 25.0 Å². The molecule has 2 aromatic carbocycles. The third-order valence-corrected chi connectivity index (χ3v) is 6.00. The van der Waals surface area contributed by atoms with Crippen LogP contribution in [0.3, 0.4) is 0 Å². The second-order valence-electron chi connectivity index (χ2n) is 9.20. The van der Waals surface area contributed by atoms with Gasteiger partial charge in [0.1, 0.15) is 12.4 Å². The average molecular weight is 629 g/mol. The Morgan fingerprint density at radius 3 is 1.57 bits per heavy atom. The average Bonchev–Trinajstić information content (AvgIpc) is 2.99. The Kier molecular flexibility index (Phi) is 15.8. The van der Waals surface area contributed by atoms with Crippen LogP contribution in [0.2, 0.25) is 0 Å². The van der Waals surface area contributed by atoms with Crippen LogP contribution >= 0.6 is 0 Å². The summed E-state index contributed by atoms with van der Waals surface area (Å²) in [5, 5.41) is 22.1. The van der Waals surface area contributed by atoms with Gasteiger partial charge in [-0.15, -0.1) is 0 Å². The fraction of sp³-hybridized carbons (Fsp3) is 0.536. The Labute approximate surface area is 255 Å². The third-order valence-electron chi connectivity index (χ3n) is 6.00. The van der Waals surface area contributed by atoms with E-state index < -0.39 is 27.5 Å². The number of carbonyl (C=O) groups is 1. The number of nitro benzene ring substituents is 2. The molecule has 0 aliphatic rings. The lowest BCUT2D eigenvalue weighted by molar-refractivity contribution is -0.386. The van der Waals surface area contributed by atoms with Gasteiger partial charge < -0.3 is 42.6 Å². The second kappa shape index (κ2) is 18.4. The van der Waals surface area contributed by atoms with Gasteiger partial charge in [-0.25, -0.2) is 4.79 Å². The van der Waals surface area contributed by atoms with Gasteiger partial charge in [0.2, 0.25) is 0 Å². The molecule has 0 heterocycles. The van der Waals surface area contributed by atoms with Gasteiger partial charge in [0.05, 0.1) is 81.4 Å². The molecule has 0 radical (unpaired) electrons. The highest BCUT2D eigenvalue weighted by molar-refractivity contribution is 5.76. The molecule has 16 nitrogen and oxygen atoms in total. The Balaban J connectivity index is 0.000000511. The third kappa shape index (κ3) is 10.5. The van der Waals surface area contributed by atoms with Crippen molar-refractivity contribution in [2.24, 2.45) is 0 Å². The molecule has 16 heteroatoms. The minimum Gasteiger partial charge on any atom is -0.493 e. The number of rotatable bonds is 17. The van der Waals surface area contributed by atoms with Crippen LogP contribution in [-0.2, 0) is 41.7 Å². The number of hydrogen-bond acceptors (Lipinski definition) is 14. The molecule has 44 heavy (non-hydrogen) atoms. The Morgan fingerprint density at radius 2 is 1.20 bits per heavy atom. The largest absolute Gasteiger partial charge is 0.493 e. The first-order chi connectivity index (χ1) is 20.8. The Hall–Kier alpha value is -4.25. The van der Waals surface area contributed by atoms with Crippen molar-refractivity contribution in [1.29, 1.82) is 0 Å². The van der Waals surface area contributed by atoms with Crippen LogP contribution < -0.4 is 18.9 Å². The zero-order valence-corrected chi connectivity index (χ0v) is 26.3. The van der Waals surface area contributed by atoms with E-state index >= 15 is 0 Å². The van der Waals surface area contributed by atoms with Crippen LogP contribution in [0.1, 0.15) is 31.9 Å². The van der Waals surface area contributed by atoms with Gasteiger partial charge in [-0.1, -0.05) is 0 Å². The SMILES string of the molecule is CCOC(=O)C(OC)C(C)(C)OCOCc1cc(OC)c(OC)cc1[N+](=O)[O-].COCc1cc(OC)c(OC)cc1[N+](=O)[O-]. The standard InChI is InChI=1S/C18H27NO9.C10H13NO5/c1-7-27-17(20)16(25-6)18(2,3)28-11-26-10-12-8-14(23-4)15(24-5)9-13(12)19(21)22;1-14-6-7-4-9(15-2)10(16-3)5-8(7)11(12)13/h8-9,16H,7,10-11H2,1-6H3;4-5H,6H2,1-3H3. The summed E-state index contributed by atoms with van der Waals surface area (Å²) in [7, 11) is 8.57. The summed E-state index contributed by atoms with van der Waals surface area (Å²) in [6.45, 7) is 5.03. The van der Waals surface area contributed by atoms with E-state index in [1.165, 1.54) is 60.9 Å². The summed E-state index contributed by atoms with van der Waals surface area (Å²) >= 11 is 0. The molecular weight excluding hydrogens is 588 g/mol. The van der Waals surface area contributed by atoms with Crippen molar-refractivity contribution in [2.45, 2.75) is 45.7 Å². The zero-order chi connectivity index (χ0) is 33.4. The number of carbonyl (C=O) groups excluding carboxylic acids is 1. The minimum atomic E-state index is -1.04. The fourth-order valence-electron chi connectivity index (χ4n) is 3.85. The van der Waals surface area contributed by atoms with E-state index in [1.54, 1.807) is 26.8 Å². The Bertz CT molecular complexity index is 1250. The van der Waals surface area contributed by atoms with Crippen molar-refractivity contribution in [2.75, 3.05) is 56.1 Å². The molecule has 0 saturated heterocycles. The van der Waals surface area contributed by atoms with Gasteiger partial charge in [-0.3, -0.25) is 20.2 Å².